The number of hydrogen-bond donors (Lipinski definition) is 2. The molecule has 1 aliphatic rings. The Morgan fingerprint density at radius 3 is 3.14 bits per heavy atom. The number of aryl methyl sites for hydroxylation is 1. The Morgan fingerprint density at radius 2 is 2.43 bits per heavy atom. The molecular formula is C14H22N4O3. The summed E-state index contributed by atoms with van der Waals surface area (Å²) < 4.78 is 4.98. The van der Waals surface area contributed by atoms with Crippen LogP contribution in [0.5, 0.6) is 0 Å². The van der Waals surface area contributed by atoms with E-state index in [1.54, 1.807) is 18.7 Å². The van der Waals surface area contributed by atoms with Crippen LogP contribution in [-0.2, 0) is 11.2 Å². The first kappa shape index (κ1) is 15.5. The smallest absolute Gasteiger partial charge is 0.409 e. The summed E-state index contributed by atoms with van der Waals surface area (Å²) in [5.41, 5.74) is 0.606. The molecule has 1 aromatic rings. The molecule has 1 aromatic heterocycles. The molecule has 21 heavy (non-hydrogen) atoms. The van der Waals surface area contributed by atoms with Gasteiger partial charge in [0.15, 0.2) is 0 Å². The van der Waals surface area contributed by atoms with E-state index in [1.165, 1.54) is 6.07 Å². The van der Waals surface area contributed by atoms with Crippen LogP contribution in [0.3, 0.4) is 0 Å². The van der Waals surface area contributed by atoms with E-state index in [1.807, 2.05) is 0 Å². The molecule has 2 rings (SSSR count). The topological polar surface area (TPSA) is 87.3 Å². The molecular weight excluding hydrogens is 272 g/mol. The van der Waals surface area contributed by atoms with Crippen molar-refractivity contribution in [3.63, 3.8) is 0 Å². The number of carbonyl (C=O) groups excluding carboxylic acids is 1. The van der Waals surface area contributed by atoms with Crippen LogP contribution < -0.4 is 10.9 Å². The molecule has 1 amide bonds. The van der Waals surface area contributed by atoms with Gasteiger partial charge < -0.3 is 19.9 Å². The largest absolute Gasteiger partial charge is 0.450 e. The molecule has 0 saturated carbocycles. The van der Waals surface area contributed by atoms with Crippen molar-refractivity contribution >= 4 is 6.09 Å². The molecule has 0 bridgehead atoms. The zero-order valence-electron chi connectivity index (χ0n) is 12.5. The molecule has 1 fully saturated rings. The van der Waals surface area contributed by atoms with E-state index in [9.17, 15) is 9.59 Å². The molecule has 7 heteroatoms. The molecule has 2 heterocycles. The second-order valence-corrected chi connectivity index (χ2v) is 5.17. The Kier molecular flexibility index (Phi) is 5.32. The summed E-state index contributed by atoms with van der Waals surface area (Å²) in [7, 11) is 0. The molecule has 1 atom stereocenters. The van der Waals surface area contributed by atoms with Crippen molar-refractivity contribution in [3.05, 3.63) is 27.9 Å². The summed E-state index contributed by atoms with van der Waals surface area (Å²) in [4.78, 5) is 31.7. The van der Waals surface area contributed by atoms with E-state index in [0.717, 1.165) is 18.7 Å². The SMILES string of the molecule is CCOC(=O)N1CC[C@@H](NCCc2nc(C)cc(=O)[nH]2)C1. The Morgan fingerprint density at radius 1 is 1.62 bits per heavy atom. The Bertz CT molecular complexity index is 543. The molecule has 1 saturated heterocycles. The number of rotatable bonds is 5. The first-order valence-corrected chi connectivity index (χ1v) is 7.30. The summed E-state index contributed by atoms with van der Waals surface area (Å²) >= 11 is 0. The normalized spacial score (nSPS) is 18.0. The van der Waals surface area contributed by atoms with Gasteiger partial charge in [0.05, 0.1) is 6.61 Å². The van der Waals surface area contributed by atoms with Gasteiger partial charge in [-0.2, -0.15) is 0 Å². The number of H-pyrrole nitrogens is 1. The first-order valence-electron chi connectivity index (χ1n) is 7.30. The van der Waals surface area contributed by atoms with Crippen LogP contribution in [0.1, 0.15) is 24.9 Å². The van der Waals surface area contributed by atoms with E-state index in [2.05, 4.69) is 15.3 Å². The average Bonchev–Trinajstić information content (AvgIpc) is 2.87. The first-order chi connectivity index (χ1) is 10.1. The fourth-order valence-corrected chi connectivity index (χ4v) is 2.46. The lowest BCUT2D eigenvalue weighted by Crippen LogP contribution is -2.36. The number of aromatic nitrogens is 2. The van der Waals surface area contributed by atoms with E-state index in [-0.39, 0.29) is 17.7 Å². The van der Waals surface area contributed by atoms with E-state index < -0.39 is 0 Å². The predicted molar refractivity (Wildman–Crippen MR) is 78.3 cm³/mol. The van der Waals surface area contributed by atoms with Crippen LogP contribution in [0.25, 0.3) is 0 Å². The summed E-state index contributed by atoms with van der Waals surface area (Å²) in [6.45, 7) is 6.11. The Hall–Kier alpha value is -1.89. The third-order valence-corrected chi connectivity index (χ3v) is 3.43. The molecule has 0 spiro atoms. The van der Waals surface area contributed by atoms with Gasteiger partial charge >= 0.3 is 6.09 Å². The minimum atomic E-state index is -0.244. The third kappa shape index (κ3) is 4.56. The van der Waals surface area contributed by atoms with Gasteiger partial charge in [0, 0.05) is 43.9 Å². The van der Waals surface area contributed by atoms with Gasteiger partial charge in [0.2, 0.25) is 0 Å². The standard InChI is InChI=1S/C14H22N4O3/c1-3-21-14(20)18-7-5-11(9-18)15-6-4-12-16-10(2)8-13(19)17-12/h8,11,15H,3-7,9H2,1-2H3,(H,16,17,19)/t11-/m1/s1. The van der Waals surface area contributed by atoms with Gasteiger partial charge in [-0.1, -0.05) is 0 Å². The number of nitrogens with zero attached hydrogens (tertiary/aromatic N) is 2. The molecule has 0 unspecified atom stereocenters. The summed E-state index contributed by atoms with van der Waals surface area (Å²) in [6, 6.07) is 1.75. The number of carbonyl (C=O) groups is 1. The van der Waals surface area contributed by atoms with E-state index in [4.69, 9.17) is 4.74 Å². The number of amides is 1. The second-order valence-electron chi connectivity index (χ2n) is 5.17. The number of hydrogen-bond acceptors (Lipinski definition) is 5. The van der Waals surface area contributed by atoms with Gasteiger partial charge in [0.1, 0.15) is 5.82 Å². The maximum Gasteiger partial charge on any atom is 0.409 e. The van der Waals surface area contributed by atoms with Gasteiger partial charge in [0.25, 0.3) is 5.56 Å². The zero-order chi connectivity index (χ0) is 15.2. The fraction of sp³-hybridized carbons (Fsp3) is 0.643. The monoisotopic (exact) mass is 294 g/mol. The van der Waals surface area contributed by atoms with Crippen LogP contribution in [0.2, 0.25) is 0 Å². The van der Waals surface area contributed by atoms with Crippen molar-refractivity contribution in [3.8, 4) is 0 Å². The summed E-state index contributed by atoms with van der Waals surface area (Å²) in [6.07, 6.45) is 1.33. The maximum atomic E-state index is 11.6. The van der Waals surface area contributed by atoms with Crippen molar-refractivity contribution in [2.45, 2.75) is 32.7 Å². The number of aromatic amines is 1. The Labute approximate surface area is 123 Å². The highest BCUT2D eigenvalue weighted by atomic mass is 16.6. The minimum absolute atomic E-state index is 0.119. The lowest BCUT2D eigenvalue weighted by Gasteiger charge is -2.16. The summed E-state index contributed by atoms with van der Waals surface area (Å²) in [5.74, 6) is 0.688. The van der Waals surface area contributed by atoms with E-state index >= 15 is 0 Å². The number of ether oxygens (including phenoxy) is 1. The van der Waals surface area contributed by atoms with Gasteiger partial charge in [-0.3, -0.25) is 4.79 Å². The molecule has 0 aliphatic carbocycles. The van der Waals surface area contributed by atoms with Gasteiger partial charge in [-0.05, 0) is 20.3 Å². The third-order valence-electron chi connectivity index (χ3n) is 3.43. The molecule has 7 nitrogen and oxygen atoms in total. The molecule has 2 N–H and O–H groups in total. The predicted octanol–water partition coefficient (Wildman–Crippen LogP) is 0.441. The van der Waals surface area contributed by atoms with E-state index in [0.29, 0.717) is 31.9 Å². The van der Waals surface area contributed by atoms with Crippen LogP contribution in [0.4, 0.5) is 4.79 Å². The van der Waals surface area contributed by atoms with Crippen molar-refractivity contribution in [1.29, 1.82) is 0 Å². The van der Waals surface area contributed by atoms with Crippen molar-refractivity contribution in [2.24, 2.45) is 0 Å². The highest BCUT2D eigenvalue weighted by Crippen LogP contribution is 2.10. The molecule has 0 radical (unpaired) electrons. The maximum absolute atomic E-state index is 11.6. The highest BCUT2D eigenvalue weighted by molar-refractivity contribution is 5.68. The van der Waals surface area contributed by atoms with Crippen LogP contribution >= 0.6 is 0 Å². The minimum Gasteiger partial charge on any atom is -0.450 e. The van der Waals surface area contributed by atoms with Crippen molar-refractivity contribution in [1.82, 2.24) is 20.2 Å². The van der Waals surface area contributed by atoms with Gasteiger partial charge in [-0.25, -0.2) is 9.78 Å². The zero-order valence-corrected chi connectivity index (χ0v) is 12.5. The highest BCUT2D eigenvalue weighted by Gasteiger charge is 2.26. The second kappa shape index (κ2) is 7.21. The average molecular weight is 294 g/mol. The lowest BCUT2D eigenvalue weighted by molar-refractivity contribution is 0.115. The lowest BCUT2D eigenvalue weighted by atomic mass is 10.2. The van der Waals surface area contributed by atoms with Crippen molar-refractivity contribution < 1.29 is 9.53 Å². The van der Waals surface area contributed by atoms with Crippen LogP contribution in [0, 0.1) is 6.92 Å². The molecule has 0 aromatic carbocycles. The quantitative estimate of drug-likeness (QED) is 0.823. The molecule has 1 aliphatic heterocycles. The molecule has 116 valence electrons. The van der Waals surface area contributed by atoms with Gasteiger partial charge in [-0.15, -0.1) is 0 Å². The van der Waals surface area contributed by atoms with Crippen molar-refractivity contribution in [2.75, 3.05) is 26.2 Å². The Balaban J connectivity index is 1.74. The number of nitrogens with one attached hydrogen (secondary N) is 2. The summed E-state index contributed by atoms with van der Waals surface area (Å²) in [5, 5.41) is 3.38. The fourth-order valence-electron chi connectivity index (χ4n) is 2.46. The van der Waals surface area contributed by atoms with Crippen LogP contribution in [0.15, 0.2) is 10.9 Å². The number of likely N-dealkylation sites (tertiary alicyclic amines) is 1. The van der Waals surface area contributed by atoms with Crippen LogP contribution in [-0.4, -0.2) is 53.2 Å².